The van der Waals surface area contributed by atoms with Crippen molar-refractivity contribution in [2.45, 2.75) is 19.9 Å². The maximum Gasteiger partial charge on any atom is 0.348 e. The zero-order chi connectivity index (χ0) is 27.2. The Bertz CT molecular complexity index is 1680. The first-order valence-corrected chi connectivity index (χ1v) is 15.4. The topological polar surface area (TPSA) is 83.6 Å². The van der Waals surface area contributed by atoms with Crippen molar-refractivity contribution >= 4 is 69.9 Å². The zero-order valence-corrected chi connectivity index (χ0v) is 23.9. The molecule has 194 valence electrons. The Hall–Kier alpha value is -3.09. The smallest absolute Gasteiger partial charge is 0.348 e. The fraction of sp³-hybridized carbons (Fsp3) is 0.143. The molecule has 6 nitrogen and oxygen atoms in total. The van der Waals surface area contributed by atoms with Crippen LogP contribution >= 0.6 is 41.8 Å². The van der Waals surface area contributed by atoms with E-state index < -0.39 is 13.3 Å². The number of nitrogens with zero attached hydrogens (tertiary/aromatic N) is 2. The second kappa shape index (κ2) is 10.2. The third-order valence-corrected chi connectivity index (χ3v) is 10.8. The fourth-order valence-corrected chi connectivity index (χ4v) is 8.95. The highest BCUT2D eigenvalue weighted by atomic mass is 35.5. The van der Waals surface area contributed by atoms with E-state index in [-0.39, 0.29) is 15.9 Å². The summed E-state index contributed by atoms with van der Waals surface area (Å²) < 4.78 is 21.9. The Labute approximate surface area is 233 Å². The van der Waals surface area contributed by atoms with Crippen molar-refractivity contribution in [1.82, 2.24) is 4.98 Å². The third kappa shape index (κ3) is 4.87. The van der Waals surface area contributed by atoms with E-state index in [0.717, 1.165) is 32.9 Å². The first-order chi connectivity index (χ1) is 18.1. The molecule has 0 fully saturated rings. The average molecular weight is 585 g/mol. The quantitative estimate of drug-likeness (QED) is 0.193. The van der Waals surface area contributed by atoms with Crippen molar-refractivity contribution in [2.24, 2.45) is 0 Å². The van der Waals surface area contributed by atoms with Crippen LogP contribution in [-0.4, -0.2) is 28.8 Å². The Morgan fingerprint density at radius 1 is 1.05 bits per heavy atom. The third-order valence-electron chi connectivity index (χ3n) is 6.15. The van der Waals surface area contributed by atoms with E-state index in [1.807, 2.05) is 56.3 Å². The number of furan rings is 1. The maximum absolute atomic E-state index is 14.3. The summed E-state index contributed by atoms with van der Waals surface area (Å²) >= 11 is 13.6. The second-order valence-corrected chi connectivity index (χ2v) is 13.7. The summed E-state index contributed by atoms with van der Waals surface area (Å²) in [7, 11) is -3.33. The molecule has 0 spiro atoms. The van der Waals surface area contributed by atoms with Crippen LogP contribution < -0.4 is 9.97 Å². The largest absolute Gasteiger partial charge is 0.477 e. The number of aromatic carboxylic acids is 1. The molecule has 0 aliphatic heterocycles. The van der Waals surface area contributed by atoms with Gasteiger partial charge in [-0.1, -0.05) is 47.5 Å². The van der Waals surface area contributed by atoms with E-state index in [9.17, 15) is 14.5 Å². The highest BCUT2D eigenvalue weighted by molar-refractivity contribution is 7.72. The lowest BCUT2D eigenvalue weighted by molar-refractivity contribution is 0.0703. The monoisotopic (exact) mass is 584 g/mol. The number of pyridine rings is 1. The summed E-state index contributed by atoms with van der Waals surface area (Å²) in [6.07, 6.45) is 1.72. The van der Waals surface area contributed by atoms with Crippen LogP contribution in [0.2, 0.25) is 10.0 Å². The molecule has 2 aromatic carbocycles. The lowest BCUT2D eigenvalue weighted by Crippen LogP contribution is -2.32. The van der Waals surface area contributed by atoms with Crippen LogP contribution in [0.1, 0.15) is 23.5 Å². The zero-order valence-electron chi connectivity index (χ0n) is 20.7. The molecule has 5 aromatic rings. The van der Waals surface area contributed by atoms with Crippen molar-refractivity contribution in [3.05, 3.63) is 87.8 Å². The van der Waals surface area contributed by atoms with Gasteiger partial charge in [0.2, 0.25) is 0 Å². The summed E-state index contributed by atoms with van der Waals surface area (Å²) in [6.45, 7) is 5.35. The second-order valence-electron chi connectivity index (χ2n) is 9.12. The predicted octanol–water partition coefficient (Wildman–Crippen LogP) is 8.68. The molecule has 3 heterocycles. The van der Waals surface area contributed by atoms with Gasteiger partial charge in [0.15, 0.2) is 12.9 Å². The minimum Gasteiger partial charge on any atom is -0.477 e. The molecule has 0 radical (unpaired) electrons. The highest BCUT2D eigenvalue weighted by Gasteiger charge is 2.35. The number of rotatable bonds is 7. The molecular weight excluding hydrogens is 562 g/mol. The number of anilines is 1. The minimum atomic E-state index is -3.33. The van der Waals surface area contributed by atoms with Gasteiger partial charge in [-0.15, -0.1) is 11.3 Å². The van der Waals surface area contributed by atoms with Gasteiger partial charge >= 0.3 is 5.97 Å². The van der Waals surface area contributed by atoms with Gasteiger partial charge in [-0.2, -0.15) is 0 Å². The molecule has 3 aromatic heterocycles. The highest BCUT2D eigenvalue weighted by Crippen LogP contribution is 2.53. The number of carboxylic acid groups (broad SMARTS) is 1. The molecule has 0 aliphatic rings. The molecule has 0 bridgehead atoms. The molecule has 5 rings (SSSR count). The van der Waals surface area contributed by atoms with Gasteiger partial charge in [-0.25, -0.2) is 4.79 Å². The molecule has 1 unspecified atom stereocenters. The van der Waals surface area contributed by atoms with Gasteiger partial charge in [-0.3, -0.25) is 9.55 Å². The Kier molecular flexibility index (Phi) is 7.14. The van der Waals surface area contributed by atoms with Crippen molar-refractivity contribution in [2.75, 3.05) is 11.3 Å². The Balaban J connectivity index is 1.55. The molecule has 1 atom stereocenters. The van der Waals surface area contributed by atoms with Gasteiger partial charge in [0, 0.05) is 45.7 Å². The van der Waals surface area contributed by atoms with Gasteiger partial charge in [0.05, 0.1) is 10.7 Å². The molecule has 10 heteroatoms. The van der Waals surface area contributed by atoms with Crippen molar-refractivity contribution in [3.63, 3.8) is 0 Å². The lowest BCUT2D eigenvalue weighted by Gasteiger charge is -2.35. The van der Waals surface area contributed by atoms with Crippen LogP contribution in [0.5, 0.6) is 0 Å². The molecule has 0 saturated heterocycles. The number of carbonyl (C=O) groups is 1. The molecule has 0 saturated carbocycles. The fourth-order valence-electron chi connectivity index (χ4n) is 4.52. The summed E-state index contributed by atoms with van der Waals surface area (Å²) in [5.74, 6) is -0.392. The van der Waals surface area contributed by atoms with E-state index in [1.165, 1.54) is 0 Å². The van der Waals surface area contributed by atoms with Crippen molar-refractivity contribution in [3.8, 4) is 21.8 Å². The van der Waals surface area contributed by atoms with E-state index in [4.69, 9.17) is 27.6 Å². The van der Waals surface area contributed by atoms with Crippen molar-refractivity contribution < 1.29 is 18.9 Å². The number of benzene rings is 2. The number of carboxylic acids is 1. The number of hydrogen-bond acceptors (Lipinski definition) is 5. The van der Waals surface area contributed by atoms with E-state index in [1.54, 1.807) is 41.8 Å². The molecular formula is C28H23Cl2N2O4PS. The van der Waals surface area contributed by atoms with Crippen LogP contribution in [0.15, 0.2) is 77.3 Å². The maximum atomic E-state index is 14.3. The van der Waals surface area contributed by atoms with Gasteiger partial charge in [0.1, 0.15) is 16.2 Å². The minimum absolute atomic E-state index is 0.105. The number of fused-ring (bicyclic) bond motifs is 1. The van der Waals surface area contributed by atoms with E-state index in [2.05, 4.69) is 4.98 Å². The number of thiophene rings is 1. The molecule has 38 heavy (non-hydrogen) atoms. The van der Waals surface area contributed by atoms with Gasteiger partial charge in [-0.05, 0) is 55.8 Å². The van der Waals surface area contributed by atoms with Crippen LogP contribution in [0, 0.1) is 0 Å². The van der Waals surface area contributed by atoms with Crippen LogP contribution in [0.4, 0.5) is 5.69 Å². The predicted molar refractivity (Wildman–Crippen MR) is 157 cm³/mol. The summed E-state index contributed by atoms with van der Waals surface area (Å²) in [6, 6.07) is 19.6. The van der Waals surface area contributed by atoms with Gasteiger partial charge < -0.3 is 14.2 Å². The standard InChI is InChI=1S/C28H23Cl2N2O4PS/c1-16(2)32(37(3,35)25-11-10-19(29)13-20(25)30)22-15-26(38-27(22)28(33)34)18-8-6-17(7-9-18)24-14-21-23(36-24)5-4-12-31-21/h4-16H,1-3H3,(H,33,34). The molecule has 0 aliphatic carbocycles. The molecule has 0 amide bonds. The number of hydrogen-bond donors (Lipinski definition) is 1. The summed E-state index contributed by atoms with van der Waals surface area (Å²) in [5, 5.41) is 11.2. The van der Waals surface area contributed by atoms with E-state index in [0.29, 0.717) is 27.4 Å². The first-order valence-electron chi connectivity index (χ1n) is 11.7. The van der Waals surface area contributed by atoms with Crippen LogP contribution in [0.3, 0.4) is 0 Å². The normalized spacial score (nSPS) is 13.1. The Morgan fingerprint density at radius 2 is 1.76 bits per heavy atom. The van der Waals surface area contributed by atoms with E-state index >= 15 is 0 Å². The number of aromatic nitrogens is 1. The number of halogens is 2. The lowest BCUT2D eigenvalue weighted by atomic mass is 10.1. The first kappa shape index (κ1) is 26.5. The molecule has 1 N–H and O–H groups in total. The summed E-state index contributed by atoms with van der Waals surface area (Å²) in [5.41, 5.74) is 3.58. The Morgan fingerprint density at radius 3 is 2.39 bits per heavy atom. The van der Waals surface area contributed by atoms with Crippen molar-refractivity contribution in [1.29, 1.82) is 0 Å². The average Bonchev–Trinajstić information content (AvgIpc) is 3.48. The SMILES string of the molecule is CC(C)N(c1cc(-c2ccc(-c3cc4ncccc4o3)cc2)sc1C(=O)O)P(C)(=O)c1ccc(Cl)cc1Cl. The van der Waals surface area contributed by atoms with Gasteiger partial charge in [0.25, 0.3) is 0 Å². The summed E-state index contributed by atoms with van der Waals surface area (Å²) in [4.78, 5) is 17.5. The van der Waals surface area contributed by atoms with Crippen LogP contribution in [-0.2, 0) is 4.57 Å². The van der Waals surface area contributed by atoms with Crippen LogP contribution in [0.25, 0.3) is 32.9 Å².